The summed E-state index contributed by atoms with van der Waals surface area (Å²) in [5.41, 5.74) is -0.420. The molecular formula is C63H72ClF3N8O9S3. The second-order valence-electron chi connectivity index (χ2n) is 23.4. The van der Waals surface area contributed by atoms with Gasteiger partial charge in [0, 0.05) is 84.3 Å². The Kier molecular flexibility index (Phi) is 20.6. The summed E-state index contributed by atoms with van der Waals surface area (Å²) in [6, 6.07) is 29.2. The first-order chi connectivity index (χ1) is 41.4. The van der Waals surface area contributed by atoms with Crippen LogP contribution in [0.4, 0.5) is 30.2 Å². The minimum Gasteiger partial charge on any atom is -0.384 e. The molecule has 2 fully saturated rings. The number of piperazine rings is 1. The van der Waals surface area contributed by atoms with Crippen LogP contribution in [-0.2, 0) is 29.4 Å². The molecule has 0 aromatic heterocycles. The molecule has 87 heavy (non-hydrogen) atoms. The third kappa shape index (κ3) is 15.9. The minimum absolute atomic E-state index is 0.0167. The number of sulfone groups is 1. The van der Waals surface area contributed by atoms with Crippen molar-refractivity contribution in [2.75, 3.05) is 80.7 Å². The molecule has 5 amide bonds. The zero-order valence-electron chi connectivity index (χ0n) is 48.8. The molecule has 2 atom stereocenters. The highest BCUT2D eigenvalue weighted by atomic mass is 35.5. The topological polar surface area (TPSA) is 215 Å². The summed E-state index contributed by atoms with van der Waals surface area (Å²) >= 11 is 7.62. The van der Waals surface area contributed by atoms with Gasteiger partial charge in [-0.1, -0.05) is 80.3 Å². The van der Waals surface area contributed by atoms with Crippen LogP contribution in [-0.4, -0.2) is 144 Å². The van der Waals surface area contributed by atoms with Crippen LogP contribution in [0.1, 0.15) is 115 Å². The Morgan fingerprint density at radius 3 is 2.23 bits per heavy atom. The minimum atomic E-state index is -6.14. The number of alkyl halides is 3. The number of carbonyl (C=O) groups excluding carboxylic acids is 5. The van der Waals surface area contributed by atoms with Crippen molar-refractivity contribution in [3.8, 4) is 0 Å². The SMILES string of the molecule is CN(CCCCCCNc1cccc2c1C(=O)N(C1CCC(=O)NC1=O)C2=O)CCC(CSc1ccccc1)Nc1ccc(S(=O)(=O)NC(=O)c2ccc(N3CCN(CC4=C(c5ccc(Cl)cc5)CCC(C)(C)C4)CC3)cc2)cc1S(=O)(=O)C(F)(F)F. The van der Waals surface area contributed by atoms with Gasteiger partial charge in [-0.2, -0.15) is 13.2 Å². The molecule has 0 saturated carbocycles. The van der Waals surface area contributed by atoms with E-state index >= 15 is 0 Å². The summed E-state index contributed by atoms with van der Waals surface area (Å²) in [7, 11) is -9.16. The fourth-order valence-corrected chi connectivity index (χ4v) is 14.7. The predicted molar refractivity (Wildman–Crippen MR) is 332 cm³/mol. The highest BCUT2D eigenvalue weighted by molar-refractivity contribution is 7.99. The average Bonchev–Trinajstić information content (AvgIpc) is 1.82. The first-order valence-electron chi connectivity index (χ1n) is 29.2. The number of rotatable bonds is 25. The first-order valence-corrected chi connectivity index (χ1v) is 33.5. The fraction of sp³-hybridized carbons (Fsp3) is 0.413. The number of fused-ring (bicyclic) bond motifs is 1. The molecule has 5 aromatic carbocycles. The van der Waals surface area contributed by atoms with Crippen LogP contribution in [0.2, 0.25) is 5.02 Å². The number of anilines is 3. The number of nitrogens with zero attached hydrogens (tertiary/aromatic N) is 4. The molecule has 3 heterocycles. The molecule has 9 rings (SSSR count). The Morgan fingerprint density at radius 2 is 1.53 bits per heavy atom. The van der Waals surface area contributed by atoms with Gasteiger partial charge in [0.25, 0.3) is 37.6 Å². The lowest BCUT2D eigenvalue weighted by Crippen LogP contribution is -2.54. The summed E-state index contributed by atoms with van der Waals surface area (Å²) in [5, 5.41) is 9.17. The molecule has 3 aliphatic heterocycles. The van der Waals surface area contributed by atoms with Crippen LogP contribution >= 0.6 is 23.4 Å². The smallest absolute Gasteiger partial charge is 0.384 e. The summed E-state index contributed by atoms with van der Waals surface area (Å²) in [6.45, 7) is 10.1. The van der Waals surface area contributed by atoms with Crippen LogP contribution in [0.3, 0.4) is 0 Å². The van der Waals surface area contributed by atoms with E-state index in [-0.39, 0.29) is 34.9 Å². The number of unbranched alkanes of at least 4 members (excludes halogenated alkanes) is 3. The standard InChI is InChI=1S/C63H72ClF3N8O9S3/c1-62(2)30-28-50(42-16-20-45(64)21-17-42)44(39-62)40-73-34-36-74(37-35-73)47-22-18-43(19-23-47)58(77)71-87(83,84)49-24-25-52(55(38-49)86(81,82)63(65,66)67)69-46(41-85-48-12-7-6-8-13-48)29-33-72(3)32-10-5-4-9-31-68-53-15-11-14-51-57(53)61(80)75(60(51)79)54-26-27-56(76)70-59(54)78/h6-8,11-25,38,46,54,68-69H,4-5,9-10,26-37,39-41H2,1-3H3,(H,71,77)(H,70,76,78). The molecule has 1 aliphatic carbocycles. The van der Waals surface area contributed by atoms with Crippen molar-refractivity contribution in [1.82, 2.24) is 24.7 Å². The monoisotopic (exact) mass is 1270 g/mol. The molecule has 464 valence electrons. The quantitative estimate of drug-likeness (QED) is 0.0243. The van der Waals surface area contributed by atoms with Crippen LogP contribution in [0.25, 0.3) is 5.57 Å². The molecule has 0 spiro atoms. The lowest BCUT2D eigenvalue weighted by molar-refractivity contribution is -0.136. The van der Waals surface area contributed by atoms with Gasteiger partial charge in [0.05, 0.1) is 21.7 Å². The maximum Gasteiger partial charge on any atom is 0.501 e. The highest BCUT2D eigenvalue weighted by Gasteiger charge is 2.49. The Labute approximate surface area is 515 Å². The van der Waals surface area contributed by atoms with Crippen LogP contribution in [0.5, 0.6) is 0 Å². The van der Waals surface area contributed by atoms with Crippen molar-refractivity contribution in [2.24, 2.45) is 5.41 Å². The molecular weight excluding hydrogens is 1200 g/mol. The van der Waals surface area contributed by atoms with Gasteiger partial charge >= 0.3 is 5.51 Å². The molecule has 2 unspecified atom stereocenters. The third-order valence-corrected chi connectivity index (χ3v) is 20.7. The number of hydrogen-bond donors (Lipinski definition) is 4. The largest absolute Gasteiger partial charge is 0.501 e. The molecule has 4 N–H and O–H groups in total. The number of imide groups is 2. The van der Waals surface area contributed by atoms with E-state index < -0.39 is 82.5 Å². The van der Waals surface area contributed by atoms with Gasteiger partial charge in [0.15, 0.2) is 0 Å². The third-order valence-electron chi connectivity index (χ3n) is 16.4. The summed E-state index contributed by atoms with van der Waals surface area (Å²) in [6.07, 6.45) is 6.68. The van der Waals surface area contributed by atoms with Crippen LogP contribution < -0.4 is 25.6 Å². The Balaban J connectivity index is 0.786. The van der Waals surface area contributed by atoms with Crippen molar-refractivity contribution in [1.29, 1.82) is 0 Å². The van der Waals surface area contributed by atoms with E-state index in [2.05, 4.69) is 56.6 Å². The normalized spacial score (nSPS) is 18.0. The van der Waals surface area contributed by atoms with Crippen molar-refractivity contribution >= 4 is 95.4 Å². The Hall–Kier alpha value is -6.76. The number of hydrogen-bond acceptors (Lipinski definition) is 15. The number of benzene rings is 5. The molecule has 4 aliphatic rings. The summed E-state index contributed by atoms with van der Waals surface area (Å²) < 4.78 is 99.5. The van der Waals surface area contributed by atoms with Gasteiger partial charge in [0.1, 0.15) is 10.9 Å². The van der Waals surface area contributed by atoms with Crippen LogP contribution in [0.15, 0.2) is 136 Å². The Morgan fingerprint density at radius 1 is 0.816 bits per heavy atom. The maximum atomic E-state index is 14.5. The number of allylic oxidation sites excluding steroid dienone is 1. The Bertz CT molecular complexity index is 3620. The molecule has 24 heteroatoms. The van der Waals surface area contributed by atoms with Gasteiger partial charge in [-0.25, -0.2) is 21.6 Å². The molecule has 5 aromatic rings. The van der Waals surface area contributed by atoms with Gasteiger partial charge in [-0.05, 0) is 160 Å². The van der Waals surface area contributed by atoms with Crippen LogP contribution in [0, 0.1) is 5.41 Å². The molecule has 17 nitrogen and oxygen atoms in total. The predicted octanol–water partition coefficient (Wildman–Crippen LogP) is 10.5. The fourth-order valence-electron chi connectivity index (χ4n) is 11.6. The molecule has 2 saturated heterocycles. The zero-order chi connectivity index (χ0) is 62.3. The summed E-state index contributed by atoms with van der Waals surface area (Å²) in [5.74, 6) is -3.08. The van der Waals surface area contributed by atoms with Gasteiger partial charge in [-0.15, -0.1) is 11.8 Å². The lowest BCUT2D eigenvalue weighted by Gasteiger charge is -2.39. The van der Waals surface area contributed by atoms with Crippen molar-refractivity contribution < 1.29 is 54.0 Å². The molecule has 0 radical (unpaired) electrons. The maximum absolute atomic E-state index is 14.5. The number of carbonyl (C=O) groups is 5. The molecule has 0 bridgehead atoms. The van der Waals surface area contributed by atoms with Crippen molar-refractivity contribution in [3.05, 3.63) is 148 Å². The number of amides is 5. The average molecular weight is 1270 g/mol. The van der Waals surface area contributed by atoms with E-state index in [1.807, 2.05) is 54.2 Å². The van der Waals surface area contributed by atoms with E-state index in [1.54, 1.807) is 24.3 Å². The van der Waals surface area contributed by atoms with E-state index in [0.29, 0.717) is 61.7 Å². The first kappa shape index (κ1) is 64.7. The lowest BCUT2D eigenvalue weighted by atomic mass is 9.73. The van der Waals surface area contributed by atoms with E-state index in [4.69, 9.17) is 11.6 Å². The zero-order valence-corrected chi connectivity index (χ0v) is 52.0. The van der Waals surface area contributed by atoms with Crippen molar-refractivity contribution in [2.45, 2.75) is 110 Å². The van der Waals surface area contributed by atoms with E-state index in [9.17, 15) is 54.0 Å². The number of nitrogens with one attached hydrogen (secondary N) is 4. The van der Waals surface area contributed by atoms with Gasteiger partial charge < -0.3 is 20.4 Å². The number of thioether (sulfide) groups is 1. The highest BCUT2D eigenvalue weighted by Crippen LogP contribution is 2.43. The summed E-state index contributed by atoms with van der Waals surface area (Å²) in [4.78, 5) is 70.8. The second-order valence-corrected chi connectivity index (χ2v) is 28.5. The number of piperidine rings is 1. The number of halogens is 4. The van der Waals surface area contributed by atoms with E-state index in [0.717, 1.165) is 92.2 Å². The number of sulfonamides is 1. The second kappa shape index (κ2) is 27.7. The van der Waals surface area contributed by atoms with Gasteiger partial charge in [0.2, 0.25) is 11.8 Å². The van der Waals surface area contributed by atoms with Gasteiger partial charge in [-0.3, -0.25) is 39.1 Å². The van der Waals surface area contributed by atoms with E-state index in [1.165, 1.54) is 46.7 Å². The van der Waals surface area contributed by atoms with Crippen molar-refractivity contribution in [3.63, 3.8) is 0 Å².